The van der Waals surface area contributed by atoms with Crippen LogP contribution in [0.25, 0.3) is 0 Å². The van der Waals surface area contributed by atoms with Gasteiger partial charge in [0.15, 0.2) is 0 Å². The van der Waals surface area contributed by atoms with Crippen molar-refractivity contribution in [2.75, 3.05) is 7.05 Å². The van der Waals surface area contributed by atoms with Crippen LogP contribution in [-0.4, -0.2) is 40.5 Å². The second-order valence-electron chi connectivity index (χ2n) is 4.19. The molecule has 1 fully saturated rings. The summed E-state index contributed by atoms with van der Waals surface area (Å²) >= 11 is 0. The van der Waals surface area contributed by atoms with Gasteiger partial charge in [-0.3, -0.25) is 4.79 Å². The third-order valence-corrected chi connectivity index (χ3v) is 3.13. The molecule has 1 atom stereocenters. The van der Waals surface area contributed by atoms with Gasteiger partial charge in [-0.05, 0) is 25.7 Å². The SMILES string of the molecule is CCC(C(=O)O)N(C)C(=O)C1(N)CCC1. The Labute approximate surface area is 89.2 Å². The Hall–Kier alpha value is -1.10. The zero-order chi connectivity index (χ0) is 11.6. The van der Waals surface area contributed by atoms with E-state index >= 15 is 0 Å². The van der Waals surface area contributed by atoms with Crippen LogP contribution in [0.1, 0.15) is 32.6 Å². The van der Waals surface area contributed by atoms with Crippen LogP contribution in [0.15, 0.2) is 0 Å². The van der Waals surface area contributed by atoms with E-state index in [1.54, 1.807) is 6.92 Å². The Kier molecular flexibility index (Phi) is 3.34. The molecule has 0 aromatic rings. The lowest BCUT2D eigenvalue weighted by Gasteiger charge is -2.40. The molecule has 0 heterocycles. The van der Waals surface area contributed by atoms with Gasteiger partial charge in [-0.15, -0.1) is 0 Å². The molecule has 86 valence electrons. The topological polar surface area (TPSA) is 83.6 Å². The molecule has 0 aromatic heterocycles. The summed E-state index contributed by atoms with van der Waals surface area (Å²) in [5.41, 5.74) is 5.05. The summed E-state index contributed by atoms with van der Waals surface area (Å²) in [4.78, 5) is 24.0. The van der Waals surface area contributed by atoms with Gasteiger partial charge in [-0.2, -0.15) is 0 Å². The average molecular weight is 214 g/mol. The van der Waals surface area contributed by atoms with Gasteiger partial charge in [-0.1, -0.05) is 6.92 Å². The smallest absolute Gasteiger partial charge is 0.326 e. The van der Waals surface area contributed by atoms with Crippen LogP contribution in [0, 0.1) is 0 Å². The van der Waals surface area contributed by atoms with E-state index in [-0.39, 0.29) is 5.91 Å². The van der Waals surface area contributed by atoms with Crippen molar-refractivity contribution in [1.29, 1.82) is 0 Å². The van der Waals surface area contributed by atoms with E-state index in [0.717, 1.165) is 6.42 Å². The molecule has 3 N–H and O–H groups in total. The molecule has 5 heteroatoms. The zero-order valence-electron chi connectivity index (χ0n) is 9.19. The monoisotopic (exact) mass is 214 g/mol. The highest BCUT2D eigenvalue weighted by Crippen LogP contribution is 2.31. The Bertz CT molecular complexity index is 274. The van der Waals surface area contributed by atoms with Crippen molar-refractivity contribution in [1.82, 2.24) is 4.90 Å². The molecular formula is C10H18N2O3. The highest BCUT2D eigenvalue weighted by atomic mass is 16.4. The Balaban J connectivity index is 2.70. The number of amides is 1. The Morgan fingerprint density at radius 1 is 1.53 bits per heavy atom. The number of likely N-dealkylation sites (N-methyl/N-ethyl adjacent to an activating group) is 1. The van der Waals surface area contributed by atoms with Crippen molar-refractivity contribution in [2.45, 2.75) is 44.2 Å². The normalized spacial score (nSPS) is 20.2. The van der Waals surface area contributed by atoms with Crippen molar-refractivity contribution in [3.63, 3.8) is 0 Å². The van der Waals surface area contributed by atoms with Crippen molar-refractivity contribution in [3.05, 3.63) is 0 Å². The van der Waals surface area contributed by atoms with E-state index < -0.39 is 17.6 Å². The van der Waals surface area contributed by atoms with Gasteiger partial charge in [0.1, 0.15) is 6.04 Å². The average Bonchev–Trinajstić information content (AvgIpc) is 2.13. The maximum Gasteiger partial charge on any atom is 0.326 e. The lowest BCUT2D eigenvalue weighted by atomic mass is 9.76. The highest BCUT2D eigenvalue weighted by Gasteiger charge is 2.43. The van der Waals surface area contributed by atoms with Gasteiger partial charge in [0.05, 0.1) is 5.54 Å². The third-order valence-electron chi connectivity index (χ3n) is 3.13. The van der Waals surface area contributed by atoms with Crippen LogP contribution in [-0.2, 0) is 9.59 Å². The minimum atomic E-state index is -0.976. The van der Waals surface area contributed by atoms with Gasteiger partial charge in [0.25, 0.3) is 0 Å². The molecule has 1 aliphatic rings. The molecule has 1 amide bonds. The fraction of sp³-hybridized carbons (Fsp3) is 0.800. The van der Waals surface area contributed by atoms with E-state index in [2.05, 4.69) is 0 Å². The standard InChI is InChI=1S/C10H18N2O3/c1-3-7(8(13)14)12(2)9(15)10(11)5-4-6-10/h7H,3-6,11H2,1-2H3,(H,13,14). The summed E-state index contributed by atoms with van der Waals surface area (Å²) in [7, 11) is 1.51. The first-order valence-corrected chi connectivity index (χ1v) is 5.21. The van der Waals surface area contributed by atoms with E-state index in [9.17, 15) is 9.59 Å². The molecule has 0 spiro atoms. The van der Waals surface area contributed by atoms with Gasteiger partial charge >= 0.3 is 5.97 Å². The van der Waals surface area contributed by atoms with Gasteiger partial charge in [0, 0.05) is 7.05 Å². The van der Waals surface area contributed by atoms with Gasteiger partial charge in [-0.25, -0.2) is 4.79 Å². The minimum absolute atomic E-state index is 0.247. The Morgan fingerprint density at radius 2 is 2.07 bits per heavy atom. The number of carboxylic acid groups (broad SMARTS) is 1. The quantitative estimate of drug-likeness (QED) is 0.699. The lowest BCUT2D eigenvalue weighted by Crippen LogP contribution is -2.61. The molecule has 0 saturated heterocycles. The summed E-state index contributed by atoms with van der Waals surface area (Å²) < 4.78 is 0. The second kappa shape index (κ2) is 4.18. The second-order valence-corrected chi connectivity index (χ2v) is 4.19. The zero-order valence-corrected chi connectivity index (χ0v) is 9.19. The van der Waals surface area contributed by atoms with Crippen molar-refractivity contribution in [2.24, 2.45) is 5.73 Å². The predicted octanol–water partition coefficient (Wildman–Crippen LogP) is 0.189. The van der Waals surface area contributed by atoms with Crippen LogP contribution in [0.3, 0.4) is 0 Å². The number of carbonyl (C=O) groups excluding carboxylic acids is 1. The number of nitrogens with zero attached hydrogens (tertiary/aromatic N) is 1. The van der Waals surface area contributed by atoms with Crippen LogP contribution in [0.5, 0.6) is 0 Å². The first kappa shape index (κ1) is 12.0. The number of aliphatic carboxylic acids is 1. The number of hydrogen-bond donors (Lipinski definition) is 2. The van der Waals surface area contributed by atoms with Gasteiger partial charge < -0.3 is 15.7 Å². The fourth-order valence-corrected chi connectivity index (χ4v) is 1.88. The molecule has 0 bridgehead atoms. The van der Waals surface area contributed by atoms with Crippen LogP contribution in [0.4, 0.5) is 0 Å². The molecule has 0 radical (unpaired) electrons. The predicted molar refractivity (Wildman–Crippen MR) is 55.3 cm³/mol. The number of carbonyl (C=O) groups is 2. The molecule has 15 heavy (non-hydrogen) atoms. The largest absolute Gasteiger partial charge is 0.480 e. The van der Waals surface area contributed by atoms with Crippen molar-refractivity contribution in [3.8, 4) is 0 Å². The number of rotatable bonds is 4. The summed E-state index contributed by atoms with van der Waals surface area (Å²) in [6.07, 6.45) is 2.66. The molecule has 0 aromatic carbocycles. The first-order valence-electron chi connectivity index (χ1n) is 5.21. The fourth-order valence-electron chi connectivity index (χ4n) is 1.88. The first-order chi connectivity index (χ1) is 6.92. The number of hydrogen-bond acceptors (Lipinski definition) is 3. The summed E-state index contributed by atoms with van der Waals surface area (Å²) in [6, 6.07) is -0.765. The molecule has 1 unspecified atom stereocenters. The molecule has 1 saturated carbocycles. The third kappa shape index (κ3) is 2.12. The van der Waals surface area contributed by atoms with E-state index in [1.165, 1.54) is 11.9 Å². The summed E-state index contributed by atoms with van der Waals surface area (Å²) in [6.45, 7) is 1.74. The highest BCUT2D eigenvalue weighted by molar-refractivity contribution is 5.90. The maximum absolute atomic E-state index is 11.9. The molecule has 1 aliphatic carbocycles. The summed E-state index contributed by atoms with van der Waals surface area (Å²) in [5.74, 6) is -1.22. The summed E-state index contributed by atoms with van der Waals surface area (Å²) in [5, 5.41) is 8.91. The molecule has 5 nitrogen and oxygen atoms in total. The molecule has 1 rings (SSSR count). The van der Waals surface area contributed by atoms with E-state index in [0.29, 0.717) is 19.3 Å². The van der Waals surface area contributed by atoms with Crippen molar-refractivity contribution < 1.29 is 14.7 Å². The van der Waals surface area contributed by atoms with Crippen LogP contribution in [0.2, 0.25) is 0 Å². The molecular weight excluding hydrogens is 196 g/mol. The number of nitrogens with two attached hydrogens (primary N) is 1. The lowest BCUT2D eigenvalue weighted by molar-refractivity contribution is -0.152. The molecule has 0 aliphatic heterocycles. The maximum atomic E-state index is 11.9. The minimum Gasteiger partial charge on any atom is -0.480 e. The van der Waals surface area contributed by atoms with Crippen LogP contribution >= 0.6 is 0 Å². The van der Waals surface area contributed by atoms with E-state index in [1.807, 2.05) is 0 Å². The Morgan fingerprint density at radius 3 is 2.33 bits per heavy atom. The number of carboxylic acids is 1. The van der Waals surface area contributed by atoms with Gasteiger partial charge in [0.2, 0.25) is 5.91 Å². The van der Waals surface area contributed by atoms with E-state index in [4.69, 9.17) is 10.8 Å². The van der Waals surface area contributed by atoms with Crippen LogP contribution < -0.4 is 5.73 Å². The van der Waals surface area contributed by atoms with Crippen molar-refractivity contribution >= 4 is 11.9 Å².